The van der Waals surface area contributed by atoms with Crippen molar-refractivity contribution in [3.63, 3.8) is 0 Å². The molecule has 0 spiro atoms. The summed E-state index contributed by atoms with van der Waals surface area (Å²) in [4.78, 5) is 9.27. The molecule has 7 nitrogen and oxygen atoms in total. The van der Waals surface area contributed by atoms with Crippen molar-refractivity contribution in [2.24, 2.45) is 4.99 Å². The highest BCUT2D eigenvalue weighted by molar-refractivity contribution is 5.93. The molecule has 0 bridgehead atoms. The normalized spacial score (nSPS) is 25.1. The molecule has 0 radical (unpaired) electrons. The minimum Gasteiger partial charge on any atom is -0.384 e. The molecule has 0 aromatic rings. The highest BCUT2D eigenvalue weighted by atomic mass is 15.4. The van der Waals surface area contributed by atoms with Crippen molar-refractivity contribution >= 4 is 11.9 Å². The number of unbranched alkanes of at least 4 members (excludes halogenated alkanes) is 1. The van der Waals surface area contributed by atoms with Crippen LogP contribution in [0, 0.1) is 5.41 Å². The van der Waals surface area contributed by atoms with Gasteiger partial charge in [0, 0.05) is 61.5 Å². The molecule has 4 N–H and O–H groups in total. The van der Waals surface area contributed by atoms with Gasteiger partial charge in [-0.2, -0.15) is 4.99 Å². The van der Waals surface area contributed by atoms with Crippen molar-refractivity contribution in [2.45, 2.75) is 116 Å². The van der Waals surface area contributed by atoms with E-state index in [0.29, 0.717) is 18.0 Å². The first kappa shape index (κ1) is 26.5. The van der Waals surface area contributed by atoms with Crippen LogP contribution in [0.15, 0.2) is 17.3 Å². The molecule has 1 unspecified atom stereocenters. The summed E-state index contributed by atoms with van der Waals surface area (Å²) in [6.07, 6.45) is 6.05. The van der Waals surface area contributed by atoms with Gasteiger partial charge in [0.1, 0.15) is 0 Å². The van der Waals surface area contributed by atoms with Crippen LogP contribution < -0.4 is 16.0 Å². The molecule has 0 amide bonds. The Labute approximate surface area is 197 Å². The predicted octanol–water partition coefficient (Wildman–Crippen LogP) is 3.88. The average molecular weight is 448 g/mol. The first-order valence-corrected chi connectivity index (χ1v) is 12.3. The Bertz CT molecular complexity index is 691. The molecule has 2 heterocycles. The SMILES string of the molecule is C=C1CC(N(C)/C(=N/C(=N)N(CCCC)C2CC(C)(C)NC(C)(C)C2)NC)CC(C)(C)N1. The van der Waals surface area contributed by atoms with Crippen LogP contribution in [0.1, 0.15) is 87.0 Å². The Morgan fingerprint density at radius 3 is 2.16 bits per heavy atom. The highest BCUT2D eigenvalue weighted by Crippen LogP contribution is 2.32. The van der Waals surface area contributed by atoms with E-state index in [4.69, 9.17) is 10.4 Å². The fourth-order valence-corrected chi connectivity index (χ4v) is 5.73. The van der Waals surface area contributed by atoms with Gasteiger partial charge in [-0.05, 0) is 67.2 Å². The molecule has 7 heteroatoms. The van der Waals surface area contributed by atoms with Crippen LogP contribution in [0.25, 0.3) is 0 Å². The zero-order valence-corrected chi connectivity index (χ0v) is 22.2. The van der Waals surface area contributed by atoms with Gasteiger partial charge in [0.25, 0.3) is 0 Å². The number of piperidine rings is 2. The summed E-state index contributed by atoms with van der Waals surface area (Å²) < 4.78 is 0. The number of aliphatic imine (C=N–C) groups is 1. The number of hydrogen-bond acceptors (Lipinski definition) is 3. The van der Waals surface area contributed by atoms with Crippen LogP contribution in [0.4, 0.5) is 0 Å². The second-order valence-corrected chi connectivity index (χ2v) is 11.8. The highest BCUT2D eigenvalue weighted by Gasteiger charge is 2.40. The fourth-order valence-electron chi connectivity index (χ4n) is 5.73. The zero-order chi connectivity index (χ0) is 24.3. The van der Waals surface area contributed by atoms with Crippen molar-refractivity contribution < 1.29 is 0 Å². The van der Waals surface area contributed by atoms with E-state index < -0.39 is 0 Å². The number of nitrogens with one attached hydrogen (secondary N) is 4. The molecular formula is C25H49N7. The number of guanidine groups is 2. The third-order valence-corrected chi connectivity index (χ3v) is 6.69. The Kier molecular flexibility index (Phi) is 8.30. The van der Waals surface area contributed by atoms with E-state index in [9.17, 15) is 0 Å². The molecule has 2 rings (SSSR count). The molecular weight excluding hydrogens is 398 g/mol. The lowest BCUT2D eigenvalue weighted by Gasteiger charge is -2.50. The van der Waals surface area contributed by atoms with Gasteiger partial charge in [0.2, 0.25) is 11.9 Å². The maximum atomic E-state index is 9.00. The predicted molar refractivity (Wildman–Crippen MR) is 137 cm³/mol. The van der Waals surface area contributed by atoms with Gasteiger partial charge in [-0.25, -0.2) is 0 Å². The molecule has 2 aliphatic rings. The van der Waals surface area contributed by atoms with E-state index in [1.54, 1.807) is 0 Å². The summed E-state index contributed by atoms with van der Waals surface area (Å²) >= 11 is 0. The topological polar surface area (TPSA) is 78.8 Å². The summed E-state index contributed by atoms with van der Waals surface area (Å²) in [7, 11) is 3.98. The summed E-state index contributed by atoms with van der Waals surface area (Å²) in [5, 5.41) is 19.5. The van der Waals surface area contributed by atoms with E-state index in [1.807, 2.05) is 7.05 Å². The molecule has 0 aromatic carbocycles. The summed E-state index contributed by atoms with van der Waals surface area (Å²) in [6, 6.07) is 0.587. The lowest BCUT2D eigenvalue weighted by Crippen LogP contribution is -2.63. The van der Waals surface area contributed by atoms with Crippen molar-refractivity contribution in [2.75, 3.05) is 20.6 Å². The van der Waals surface area contributed by atoms with Crippen molar-refractivity contribution in [3.05, 3.63) is 12.3 Å². The van der Waals surface area contributed by atoms with Gasteiger partial charge in [0.05, 0.1) is 0 Å². The maximum absolute atomic E-state index is 9.00. The Balaban J connectivity index is 2.26. The van der Waals surface area contributed by atoms with E-state index in [-0.39, 0.29) is 16.6 Å². The zero-order valence-electron chi connectivity index (χ0n) is 22.2. The lowest BCUT2D eigenvalue weighted by atomic mass is 9.79. The Hall–Kier alpha value is -1.76. The van der Waals surface area contributed by atoms with E-state index >= 15 is 0 Å². The monoisotopic (exact) mass is 447 g/mol. The third kappa shape index (κ3) is 7.12. The second kappa shape index (κ2) is 10.0. The van der Waals surface area contributed by atoms with Crippen LogP contribution in [0.5, 0.6) is 0 Å². The van der Waals surface area contributed by atoms with E-state index in [2.05, 4.69) is 87.8 Å². The van der Waals surface area contributed by atoms with Crippen LogP contribution in [-0.2, 0) is 0 Å². The van der Waals surface area contributed by atoms with Crippen LogP contribution in [-0.4, -0.2) is 71.1 Å². The smallest absolute Gasteiger partial charge is 0.221 e. The van der Waals surface area contributed by atoms with E-state index in [0.717, 1.165) is 56.7 Å². The third-order valence-electron chi connectivity index (χ3n) is 6.69. The molecule has 2 aliphatic heterocycles. The first-order valence-electron chi connectivity index (χ1n) is 12.3. The first-order chi connectivity index (χ1) is 14.7. The minimum atomic E-state index is 0.0000439. The van der Waals surface area contributed by atoms with Gasteiger partial charge in [-0.3, -0.25) is 5.41 Å². The fraction of sp³-hybridized carbons (Fsp3) is 0.840. The van der Waals surface area contributed by atoms with Gasteiger partial charge in [-0.1, -0.05) is 19.9 Å². The molecule has 1 atom stereocenters. The number of rotatable bonds is 5. The molecule has 2 saturated heterocycles. The van der Waals surface area contributed by atoms with Gasteiger partial charge in [-0.15, -0.1) is 0 Å². The maximum Gasteiger partial charge on any atom is 0.221 e. The van der Waals surface area contributed by atoms with Crippen molar-refractivity contribution in [3.8, 4) is 0 Å². The molecule has 2 fully saturated rings. The van der Waals surface area contributed by atoms with Crippen molar-refractivity contribution in [1.29, 1.82) is 5.41 Å². The molecule has 0 aromatic heterocycles. The molecule has 0 saturated carbocycles. The Morgan fingerprint density at radius 1 is 1.09 bits per heavy atom. The van der Waals surface area contributed by atoms with Crippen LogP contribution in [0.2, 0.25) is 0 Å². The van der Waals surface area contributed by atoms with Crippen LogP contribution in [0.3, 0.4) is 0 Å². The quantitative estimate of drug-likeness (QED) is 0.380. The average Bonchev–Trinajstić information content (AvgIpc) is 2.61. The second-order valence-electron chi connectivity index (χ2n) is 11.8. The van der Waals surface area contributed by atoms with Crippen molar-refractivity contribution in [1.82, 2.24) is 25.8 Å². The summed E-state index contributed by atoms with van der Waals surface area (Å²) in [6.45, 7) is 20.8. The molecule has 32 heavy (non-hydrogen) atoms. The molecule has 0 aliphatic carbocycles. The number of nitrogens with zero attached hydrogens (tertiary/aromatic N) is 3. The summed E-state index contributed by atoms with van der Waals surface area (Å²) in [5.41, 5.74) is 1.13. The van der Waals surface area contributed by atoms with Gasteiger partial charge >= 0.3 is 0 Å². The summed E-state index contributed by atoms with van der Waals surface area (Å²) in [5.74, 6) is 1.11. The molecule has 184 valence electrons. The van der Waals surface area contributed by atoms with E-state index in [1.165, 1.54) is 0 Å². The lowest BCUT2D eigenvalue weighted by molar-refractivity contribution is 0.101. The number of hydrogen-bond donors (Lipinski definition) is 4. The Morgan fingerprint density at radius 2 is 1.66 bits per heavy atom. The van der Waals surface area contributed by atoms with Gasteiger partial charge in [0.15, 0.2) is 0 Å². The largest absolute Gasteiger partial charge is 0.384 e. The van der Waals surface area contributed by atoms with Gasteiger partial charge < -0.3 is 25.8 Å². The minimum absolute atomic E-state index is 0.0000439. The standard InChI is InChI=1S/C25H49N7/c1-11-12-13-32(20-16-24(5,6)30-25(7,8)17-20)21(26)28-22(27-9)31(10)19-14-18(2)29-23(3,4)15-19/h19-20,29-30H,2,11-17H2,1,3-10H3,(H2,26,27,28). The van der Waals surface area contributed by atoms with Crippen LogP contribution >= 0.6 is 0 Å².